The first-order valence-corrected chi connectivity index (χ1v) is 8.28. The molecule has 1 fully saturated rings. The topological polar surface area (TPSA) is 68.5 Å². The molecule has 0 spiro atoms. The predicted molar refractivity (Wildman–Crippen MR) is 92.4 cm³/mol. The van der Waals surface area contributed by atoms with Gasteiger partial charge in [0.1, 0.15) is 17.4 Å². The molecule has 1 aliphatic rings. The molecule has 0 saturated carbocycles. The SMILES string of the molecule is COc1ccc(-c2noc(C3CC(=O)N(c4cc(F)ccc4F)C3)n2)cc1. The molecule has 0 radical (unpaired) electrons. The average molecular weight is 371 g/mol. The Hall–Kier alpha value is -3.29. The Labute approximate surface area is 153 Å². The number of hydrogen-bond donors (Lipinski definition) is 0. The summed E-state index contributed by atoms with van der Waals surface area (Å²) in [5, 5.41) is 3.95. The van der Waals surface area contributed by atoms with E-state index in [4.69, 9.17) is 9.26 Å². The molecule has 1 amide bonds. The number of methoxy groups -OCH3 is 1. The van der Waals surface area contributed by atoms with E-state index in [1.165, 1.54) is 4.90 Å². The van der Waals surface area contributed by atoms with Gasteiger partial charge in [-0.15, -0.1) is 0 Å². The molecule has 0 bridgehead atoms. The Bertz CT molecular complexity index is 988. The first-order valence-electron chi connectivity index (χ1n) is 8.28. The zero-order valence-corrected chi connectivity index (χ0v) is 14.4. The molecular formula is C19H15F2N3O3. The van der Waals surface area contributed by atoms with Crippen molar-refractivity contribution >= 4 is 11.6 Å². The first-order chi connectivity index (χ1) is 13.0. The molecule has 0 N–H and O–H groups in total. The minimum absolute atomic E-state index is 0.0835. The number of ether oxygens (including phenoxy) is 1. The fourth-order valence-corrected chi connectivity index (χ4v) is 3.06. The minimum atomic E-state index is -0.658. The largest absolute Gasteiger partial charge is 0.497 e. The van der Waals surface area contributed by atoms with Gasteiger partial charge in [0.25, 0.3) is 0 Å². The third kappa shape index (κ3) is 3.25. The second kappa shape index (κ2) is 6.79. The summed E-state index contributed by atoms with van der Waals surface area (Å²) < 4.78 is 37.8. The summed E-state index contributed by atoms with van der Waals surface area (Å²) in [6.07, 6.45) is 0.0835. The number of rotatable bonds is 4. The highest BCUT2D eigenvalue weighted by Crippen LogP contribution is 2.33. The smallest absolute Gasteiger partial charge is 0.232 e. The van der Waals surface area contributed by atoms with Crippen molar-refractivity contribution < 1.29 is 22.8 Å². The molecule has 3 aromatic rings. The van der Waals surface area contributed by atoms with Crippen LogP contribution in [0.3, 0.4) is 0 Å². The van der Waals surface area contributed by atoms with Crippen molar-refractivity contribution in [3.63, 3.8) is 0 Å². The van der Waals surface area contributed by atoms with E-state index in [0.29, 0.717) is 11.6 Å². The van der Waals surface area contributed by atoms with Gasteiger partial charge in [-0.05, 0) is 36.4 Å². The van der Waals surface area contributed by atoms with E-state index < -0.39 is 11.6 Å². The van der Waals surface area contributed by atoms with Crippen LogP contribution in [0.4, 0.5) is 14.5 Å². The minimum Gasteiger partial charge on any atom is -0.497 e. The van der Waals surface area contributed by atoms with Gasteiger partial charge in [-0.1, -0.05) is 5.16 Å². The Balaban J connectivity index is 1.56. The molecule has 2 heterocycles. The summed E-state index contributed by atoms with van der Waals surface area (Å²) in [5.74, 6) is -0.606. The number of benzene rings is 2. The highest BCUT2D eigenvalue weighted by atomic mass is 19.1. The molecule has 1 aromatic heterocycles. The monoisotopic (exact) mass is 371 g/mol. The number of anilines is 1. The normalized spacial score (nSPS) is 16.8. The standard InChI is InChI=1S/C19H15F2N3O3/c1-26-14-5-2-11(3-6-14)18-22-19(27-23-18)12-8-17(25)24(10-12)16-9-13(20)4-7-15(16)21/h2-7,9,12H,8,10H2,1H3. The van der Waals surface area contributed by atoms with E-state index in [1.807, 2.05) is 0 Å². The van der Waals surface area contributed by atoms with E-state index in [1.54, 1.807) is 31.4 Å². The van der Waals surface area contributed by atoms with Crippen LogP contribution in [0.15, 0.2) is 47.0 Å². The van der Waals surface area contributed by atoms with Crippen molar-refractivity contribution in [2.45, 2.75) is 12.3 Å². The Morgan fingerprint density at radius 3 is 2.70 bits per heavy atom. The summed E-state index contributed by atoms with van der Waals surface area (Å²) in [6.45, 7) is 0.142. The quantitative estimate of drug-likeness (QED) is 0.702. The van der Waals surface area contributed by atoms with Gasteiger partial charge >= 0.3 is 0 Å². The summed E-state index contributed by atoms with van der Waals surface area (Å²) in [4.78, 5) is 17.9. The van der Waals surface area contributed by atoms with Crippen LogP contribution in [0.25, 0.3) is 11.4 Å². The number of aromatic nitrogens is 2. The highest BCUT2D eigenvalue weighted by molar-refractivity contribution is 5.96. The number of hydrogen-bond acceptors (Lipinski definition) is 5. The van der Waals surface area contributed by atoms with E-state index in [0.717, 1.165) is 23.8 Å². The lowest BCUT2D eigenvalue weighted by atomic mass is 10.1. The van der Waals surface area contributed by atoms with E-state index in [-0.39, 0.29) is 36.4 Å². The van der Waals surface area contributed by atoms with E-state index >= 15 is 0 Å². The molecule has 2 aromatic carbocycles. The van der Waals surface area contributed by atoms with Crippen molar-refractivity contribution in [1.82, 2.24) is 10.1 Å². The van der Waals surface area contributed by atoms with Crippen LogP contribution < -0.4 is 9.64 Å². The van der Waals surface area contributed by atoms with Crippen LogP contribution in [0, 0.1) is 11.6 Å². The maximum atomic E-state index is 14.0. The van der Waals surface area contributed by atoms with Gasteiger partial charge in [-0.3, -0.25) is 4.79 Å². The Kier molecular flexibility index (Phi) is 4.31. The molecule has 0 aliphatic carbocycles. The number of carbonyl (C=O) groups excluding carboxylic acids is 1. The Morgan fingerprint density at radius 2 is 1.96 bits per heavy atom. The van der Waals surface area contributed by atoms with Crippen LogP contribution in [0.2, 0.25) is 0 Å². The summed E-state index contributed by atoms with van der Waals surface area (Å²) in [6, 6.07) is 10.2. The Morgan fingerprint density at radius 1 is 1.19 bits per heavy atom. The fourth-order valence-electron chi connectivity index (χ4n) is 3.06. The van der Waals surface area contributed by atoms with Crippen LogP contribution in [0.1, 0.15) is 18.2 Å². The maximum absolute atomic E-state index is 14.0. The maximum Gasteiger partial charge on any atom is 0.232 e. The molecule has 138 valence electrons. The first kappa shape index (κ1) is 17.1. The van der Waals surface area contributed by atoms with Gasteiger partial charge in [0, 0.05) is 24.6 Å². The number of amides is 1. The summed E-state index contributed by atoms with van der Waals surface area (Å²) >= 11 is 0. The van der Waals surface area contributed by atoms with Crippen molar-refractivity contribution in [3.8, 4) is 17.1 Å². The third-order valence-corrected chi connectivity index (χ3v) is 4.46. The number of nitrogens with zero attached hydrogens (tertiary/aromatic N) is 3. The van der Waals surface area contributed by atoms with Gasteiger partial charge in [0.2, 0.25) is 17.6 Å². The van der Waals surface area contributed by atoms with Gasteiger partial charge < -0.3 is 14.2 Å². The van der Waals surface area contributed by atoms with Crippen LogP contribution in [-0.2, 0) is 4.79 Å². The van der Waals surface area contributed by atoms with Crippen molar-refractivity contribution in [1.29, 1.82) is 0 Å². The fraction of sp³-hybridized carbons (Fsp3) is 0.211. The molecule has 1 atom stereocenters. The molecule has 1 unspecified atom stereocenters. The van der Waals surface area contributed by atoms with Gasteiger partial charge in [-0.25, -0.2) is 8.78 Å². The lowest BCUT2D eigenvalue weighted by molar-refractivity contribution is -0.117. The lowest BCUT2D eigenvalue weighted by Crippen LogP contribution is -2.25. The van der Waals surface area contributed by atoms with Gasteiger partial charge in [-0.2, -0.15) is 4.98 Å². The zero-order valence-electron chi connectivity index (χ0n) is 14.4. The van der Waals surface area contributed by atoms with Crippen molar-refractivity contribution in [2.24, 2.45) is 0 Å². The summed E-state index contributed by atoms with van der Waals surface area (Å²) in [7, 11) is 1.58. The van der Waals surface area contributed by atoms with Crippen LogP contribution in [0.5, 0.6) is 5.75 Å². The molecule has 4 rings (SSSR count). The lowest BCUT2D eigenvalue weighted by Gasteiger charge is -2.16. The average Bonchev–Trinajstić information content (AvgIpc) is 3.31. The van der Waals surface area contributed by atoms with Crippen molar-refractivity contribution in [2.75, 3.05) is 18.6 Å². The molecule has 6 nitrogen and oxygen atoms in total. The molecule has 1 saturated heterocycles. The molecule has 1 aliphatic heterocycles. The van der Waals surface area contributed by atoms with Crippen LogP contribution in [-0.4, -0.2) is 29.7 Å². The van der Waals surface area contributed by atoms with Crippen LogP contribution >= 0.6 is 0 Å². The predicted octanol–water partition coefficient (Wildman–Crippen LogP) is 3.54. The highest BCUT2D eigenvalue weighted by Gasteiger charge is 2.36. The van der Waals surface area contributed by atoms with E-state index in [2.05, 4.69) is 10.1 Å². The molecule has 27 heavy (non-hydrogen) atoms. The summed E-state index contributed by atoms with van der Waals surface area (Å²) in [5.41, 5.74) is 0.653. The molecule has 8 heteroatoms. The van der Waals surface area contributed by atoms with E-state index in [9.17, 15) is 13.6 Å². The number of carbonyl (C=O) groups is 1. The molecular weight excluding hydrogens is 356 g/mol. The third-order valence-electron chi connectivity index (χ3n) is 4.46. The second-order valence-electron chi connectivity index (χ2n) is 6.19. The number of halogens is 2. The van der Waals surface area contributed by atoms with Gasteiger partial charge in [0.05, 0.1) is 18.7 Å². The zero-order chi connectivity index (χ0) is 19.0. The van der Waals surface area contributed by atoms with Crippen molar-refractivity contribution in [3.05, 3.63) is 60.0 Å². The van der Waals surface area contributed by atoms with Gasteiger partial charge in [0.15, 0.2) is 0 Å². The second-order valence-corrected chi connectivity index (χ2v) is 6.19.